The van der Waals surface area contributed by atoms with Gasteiger partial charge in [0.25, 0.3) is 0 Å². The van der Waals surface area contributed by atoms with Crippen LogP contribution in [0.15, 0.2) is 18.2 Å². The molecule has 122 valence electrons. The molecule has 1 aliphatic rings. The molecule has 1 unspecified atom stereocenters. The maximum absolute atomic E-state index is 13.3. The van der Waals surface area contributed by atoms with Crippen molar-refractivity contribution in [3.8, 4) is 5.75 Å². The van der Waals surface area contributed by atoms with Gasteiger partial charge >= 0.3 is 6.18 Å². The van der Waals surface area contributed by atoms with Crippen molar-refractivity contribution in [2.75, 3.05) is 18.0 Å². The maximum Gasteiger partial charge on any atom is 0.432 e. The monoisotopic (exact) mass is 333 g/mol. The van der Waals surface area contributed by atoms with Gasteiger partial charge < -0.3 is 9.64 Å². The van der Waals surface area contributed by atoms with E-state index in [2.05, 4.69) is 0 Å². The topological polar surface area (TPSA) is 12.5 Å². The molecule has 0 radical (unpaired) electrons. The molecule has 0 aliphatic carbocycles. The highest BCUT2D eigenvalue weighted by Crippen LogP contribution is 2.45. The zero-order valence-electron chi connectivity index (χ0n) is 12.8. The smallest absolute Gasteiger partial charge is 0.432 e. The van der Waals surface area contributed by atoms with E-state index < -0.39 is 11.8 Å². The Bertz CT molecular complexity index is 581. The second kappa shape index (κ2) is 6.03. The van der Waals surface area contributed by atoms with Gasteiger partial charge in [0.2, 0.25) is 5.60 Å². The quantitative estimate of drug-likeness (QED) is 0.741. The van der Waals surface area contributed by atoms with Gasteiger partial charge in [-0.05, 0) is 32.4 Å². The molecule has 0 N–H and O–H groups in total. The first-order valence-corrected chi connectivity index (χ1v) is 7.69. The van der Waals surface area contributed by atoms with Gasteiger partial charge in [0.15, 0.2) is 0 Å². The van der Waals surface area contributed by atoms with Gasteiger partial charge in [-0.1, -0.05) is 24.6 Å². The summed E-state index contributed by atoms with van der Waals surface area (Å²) in [6.45, 7) is 6.81. The zero-order chi connectivity index (χ0) is 16.5. The lowest BCUT2D eigenvalue weighted by molar-refractivity contribution is -0.230. The molecule has 0 amide bonds. The van der Waals surface area contributed by atoms with Gasteiger partial charge in [0.05, 0.1) is 10.7 Å². The number of hydrogen-bond donors (Lipinski definition) is 0. The number of halogens is 4. The average Bonchev–Trinajstić information content (AvgIpc) is 2.47. The Morgan fingerprint density at radius 3 is 2.32 bits per heavy atom. The van der Waals surface area contributed by atoms with Gasteiger partial charge in [-0.2, -0.15) is 13.2 Å². The largest absolute Gasteiger partial charge is 0.473 e. The number of fused-ring (bicyclic) bond motifs is 1. The Morgan fingerprint density at radius 1 is 1.18 bits per heavy atom. The summed E-state index contributed by atoms with van der Waals surface area (Å²) in [7, 11) is 0. The Labute approximate surface area is 133 Å². The van der Waals surface area contributed by atoms with E-state index in [4.69, 9.17) is 16.3 Å². The summed E-state index contributed by atoms with van der Waals surface area (Å²) < 4.78 is 45.4. The molecule has 0 saturated carbocycles. The molecule has 1 heterocycles. The number of ether oxygens (including phenoxy) is 1. The van der Waals surface area contributed by atoms with E-state index in [0.717, 1.165) is 6.08 Å². The van der Waals surface area contributed by atoms with E-state index in [9.17, 15) is 13.2 Å². The van der Waals surface area contributed by atoms with Crippen molar-refractivity contribution in [2.24, 2.45) is 0 Å². The fraction of sp³-hybridized carbons (Fsp3) is 0.500. The summed E-state index contributed by atoms with van der Waals surface area (Å²) in [4.78, 5) is 1.98. The highest BCUT2D eigenvalue weighted by atomic mass is 35.5. The van der Waals surface area contributed by atoms with Crippen LogP contribution < -0.4 is 9.64 Å². The first-order valence-electron chi connectivity index (χ1n) is 7.31. The third kappa shape index (κ3) is 2.78. The lowest BCUT2D eigenvalue weighted by Gasteiger charge is -2.36. The fourth-order valence-electron chi connectivity index (χ4n) is 2.58. The molecule has 1 aromatic rings. The van der Waals surface area contributed by atoms with Crippen LogP contribution in [-0.2, 0) is 0 Å². The van der Waals surface area contributed by atoms with Crippen LogP contribution in [0.2, 0.25) is 5.02 Å². The first-order chi connectivity index (χ1) is 10.3. The summed E-state index contributed by atoms with van der Waals surface area (Å²) in [5.74, 6) is 0.216. The van der Waals surface area contributed by atoms with Crippen molar-refractivity contribution in [1.82, 2.24) is 0 Å². The fourth-order valence-corrected chi connectivity index (χ4v) is 2.87. The molecule has 0 spiro atoms. The van der Waals surface area contributed by atoms with Gasteiger partial charge in [-0.25, -0.2) is 0 Å². The minimum Gasteiger partial charge on any atom is -0.473 e. The molecular formula is C16H19ClF3NO. The third-order valence-electron chi connectivity index (χ3n) is 4.01. The number of rotatable bonds is 4. The number of nitrogens with zero attached hydrogens (tertiary/aromatic N) is 1. The molecule has 0 saturated heterocycles. The molecule has 0 bridgehead atoms. The van der Waals surface area contributed by atoms with Crippen molar-refractivity contribution >= 4 is 23.4 Å². The zero-order valence-corrected chi connectivity index (χ0v) is 13.6. The summed E-state index contributed by atoms with van der Waals surface area (Å²) in [6, 6.07) is 3.25. The van der Waals surface area contributed by atoms with Gasteiger partial charge in [0.1, 0.15) is 5.75 Å². The van der Waals surface area contributed by atoms with Crippen LogP contribution >= 0.6 is 11.6 Å². The van der Waals surface area contributed by atoms with Crippen molar-refractivity contribution in [3.63, 3.8) is 0 Å². The molecule has 0 aromatic heterocycles. The molecule has 0 fully saturated rings. The maximum atomic E-state index is 13.3. The van der Waals surface area contributed by atoms with E-state index in [-0.39, 0.29) is 12.2 Å². The molecule has 1 atom stereocenters. The van der Waals surface area contributed by atoms with Crippen LogP contribution in [0.25, 0.3) is 6.08 Å². The minimum absolute atomic E-state index is 0.185. The third-order valence-corrected chi connectivity index (χ3v) is 4.32. The van der Waals surface area contributed by atoms with Crippen LogP contribution in [0.5, 0.6) is 5.75 Å². The van der Waals surface area contributed by atoms with Crippen LogP contribution in [0.4, 0.5) is 18.9 Å². The first kappa shape index (κ1) is 17.0. The number of benzene rings is 1. The normalized spacial score (nSPS) is 20.5. The molecule has 2 nitrogen and oxygen atoms in total. The Hall–Kier alpha value is -1.36. The van der Waals surface area contributed by atoms with Crippen LogP contribution in [0.1, 0.15) is 32.8 Å². The summed E-state index contributed by atoms with van der Waals surface area (Å²) in [5.41, 5.74) is -1.02. The van der Waals surface area contributed by atoms with Crippen molar-refractivity contribution < 1.29 is 17.9 Å². The molecule has 22 heavy (non-hydrogen) atoms. The van der Waals surface area contributed by atoms with Gasteiger partial charge in [-0.15, -0.1) is 0 Å². The lowest BCUT2D eigenvalue weighted by atomic mass is 9.94. The predicted molar refractivity (Wildman–Crippen MR) is 83.8 cm³/mol. The van der Waals surface area contributed by atoms with Gasteiger partial charge in [0, 0.05) is 24.7 Å². The summed E-state index contributed by atoms with van der Waals surface area (Å²) in [6.07, 6.45) is -2.14. The summed E-state index contributed by atoms with van der Waals surface area (Å²) >= 11 is 6.25. The number of alkyl halides is 3. The average molecular weight is 334 g/mol. The van der Waals surface area contributed by atoms with E-state index >= 15 is 0 Å². The Balaban J connectivity index is 2.49. The number of hydrogen-bond acceptors (Lipinski definition) is 2. The van der Waals surface area contributed by atoms with E-state index in [1.54, 1.807) is 12.1 Å². The predicted octanol–water partition coefficient (Wildman–Crippen LogP) is 5.30. The van der Waals surface area contributed by atoms with Crippen molar-refractivity contribution in [1.29, 1.82) is 0 Å². The SMILES string of the molecule is CCN(CC)c1cc2c(cc1Cl)C=CC(CC)(C(F)(F)F)O2. The lowest BCUT2D eigenvalue weighted by Crippen LogP contribution is -2.49. The molecule has 1 aliphatic heterocycles. The summed E-state index contributed by atoms with van der Waals surface area (Å²) in [5, 5.41) is 0.506. The second-order valence-corrected chi connectivity index (χ2v) is 5.60. The highest BCUT2D eigenvalue weighted by molar-refractivity contribution is 6.33. The Kier molecular flexibility index (Phi) is 4.66. The van der Waals surface area contributed by atoms with Crippen molar-refractivity contribution in [3.05, 3.63) is 28.8 Å². The molecule has 1 aromatic carbocycles. The van der Waals surface area contributed by atoms with Gasteiger partial charge in [-0.3, -0.25) is 0 Å². The molecule has 6 heteroatoms. The molecular weight excluding hydrogens is 315 g/mol. The van der Waals surface area contributed by atoms with Crippen molar-refractivity contribution in [2.45, 2.75) is 39.0 Å². The van der Waals surface area contributed by atoms with E-state index in [0.29, 0.717) is 29.4 Å². The van der Waals surface area contributed by atoms with E-state index in [1.807, 2.05) is 18.7 Å². The standard InChI is InChI=1S/C16H19ClF3NO/c1-4-15(16(18,19)20)8-7-11-9-12(17)13(10-14(11)22-15)21(5-2)6-3/h7-10H,4-6H2,1-3H3. The Morgan fingerprint density at radius 2 is 1.82 bits per heavy atom. The minimum atomic E-state index is -4.47. The highest BCUT2D eigenvalue weighted by Gasteiger charge is 2.55. The second-order valence-electron chi connectivity index (χ2n) is 5.19. The van der Waals surface area contributed by atoms with Crippen LogP contribution in [0, 0.1) is 0 Å². The number of anilines is 1. The van der Waals surface area contributed by atoms with Crippen LogP contribution in [0.3, 0.4) is 0 Å². The molecule has 2 rings (SSSR count). The van der Waals surface area contributed by atoms with Crippen LogP contribution in [-0.4, -0.2) is 24.9 Å². The van der Waals surface area contributed by atoms with E-state index in [1.165, 1.54) is 13.0 Å².